The predicted molar refractivity (Wildman–Crippen MR) is 99.6 cm³/mol. The van der Waals surface area contributed by atoms with Crippen LogP contribution in [0.25, 0.3) is 0 Å². The van der Waals surface area contributed by atoms with Gasteiger partial charge in [-0.25, -0.2) is 9.37 Å². The molecule has 1 atom stereocenters. The number of amides is 2. The number of nitrogens with zero attached hydrogens (tertiary/aromatic N) is 2. The molecule has 2 amide bonds. The normalized spacial score (nSPS) is 28.8. The molecule has 4 aliphatic rings. The molecule has 0 spiro atoms. The standard InChI is InChI=1S/C21H20FN3O4/c22-14-5-3-12(4-6-14)11-25-17-15(2-1-7-23-17)21(28,29)16(19(25)27)18(26)24-20-8-13(9-20)10-20/h1-7,13,16,28-29H,8-11H2,(H,24,26). The molecule has 1 aromatic carbocycles. The van der Waals surface area contributed by atoms with Crippen molar-refractivity contribution in [1.82, 2.24) is 10.3 Å². The highest BCUT2D eigenvalue weighted by atomic mass is 19.1. The van der Waals surface area contributed by atoms with Crippen molar-refractivity contribution in [3.05, 3.63) is 59.5 Å². The first-order valence-corrected chi connectivity index (χ1v) is 9.57. The Morgan fingerprint density at radius 2 is 1.90 bits per heavy atom. The summed E-state index contributed by atoms with van der Waals surface area (Å²) in [5.41, 5.74) is 0.299. The van der Waals surface area contributed by atoms with Gasteiger partial charge < -0.3 is 15.5 Å². The van der Waals surface area contributed by atoms with Crippen LogP contribution in [-0.2, 0) is 21.9 Å². The van der Waals surface area contributed by atoms with Crippen LogP contribution in [0.4, 0.5) is 10.2 Å². The zero-order valence-electron chi connectivity index (χ0n) is 15.5. The third kappa shape index (κ3) is 2.74. The van der Waals surface area contributed by atoms with Gasteiger partial charge in [0.1, 0.15) is 11.6 Å². The van der Waals surface area contributed by atoms with Gasteiger partial charge in [0.05, 0.1) is 12.1 Å². The first-order valence-electron chi connectivity index (χ1n) is 9.57. The molecule has 2 bridgehead atoms. The van der Waals surface area contributed by atoms with Gasteiger partial charge in [-0.05, 0) is 55.0 Å². The summed E-state index contributed by atoms with van der Waals surface area (Å²) >= 11 is 0. The zero-order valence-corrected chi connectivity index (χ0v) is 15.5. The summed E-state index contributed by atoms with van der Waals surface area (Å²) in [5, 5.41) is 24.5. The molecule has 2 heterocycles. The number of carbonyl (C=O) groups is 2. The number of aliphatic hydroxyl groups is 2. The molecule has 3 N–H and O–H groups in total. The van der Waals surface area contributed by atoms with E-state index in [1.807, 2.05) is 0 Å². The second-order valence-electron chi connectivity index (χ2n) is 8.33. The number of aromatic nitrogens is 1. The molecule has 3 aliphatic carbocycles. The molecule has 3 saturated carbocycles. The highest BCUT2D eigenvalue weighted by molar-refractivity contribution is 6.10. The van der Waals surface area contributed by atoms with Gasteiger partial charge in [0.25, 0.3) is 0 Å². The molecule has 6 rings (SSSR count). The number of rotatable bonds is 4. The molecule has 0 saturated heterocycles. The van der Waals surface area contributed by atoms with Crippen molar-refractivity contribution < 1.29 is 24.2 Å². The number of fused-ring (bicyclic) bond motifs is 1. The van der Waals surface area contributed by atoms with E-state index in [-0.39, 0.29) is 23.5 Å². The molecular weight excluding hydrogens is 377 g/mol. The fraction of sp³-hybridized carbons (Fsp3) is 0.381. The van der Waals surface area contributed by atoms with Crippen LogP contribution in [0.2, 0.25) is 0 Å². The molecule has 2 aromatic rings. The van der Waals surface area contributed by atoms with Crippen LogP contribution in [0, 0.1) is 17.7 Å². The van der Waals surface area contributed by atoms with E-state index in [0.29, 0.717) is 11.5 Å². The predicted octanol–water partition coefficient (Wildman–Crippen LogP) is 1.19. The third-order valence-electron chi connectivity index (χ3n) is 6.30. The lowest BCUT2D eigenvalue weighted by Gasteiger charge is -2.62. The van der Waals surface area contributed by atoms with Crippen molar-refractivity contribution >= 4 is 17.6 Å². The minimum absolute atomic E-state index is 0.0144. The molecule has 1 aliphatic heterocycles. The molecule has 0 radical (unpaired) electrons. The van der Waals surface area contributed by atoms with Crippen molar-refractivity contribution in [3.63, 3.8) is 0 Å². The van der Waals surface area contributed by atoms with Crippen LogP contribution in [0.5, 0.6) is 0 Å². The Morgan fingerprint density at radius 3 is 2.52 bits per heavy atom. The maximum Gasteiger partial charge on any atom is 0.247 e. The first kappa shape index (κ1) is 18.2. The minimum Gasteiger partial charge on any atom is -0.361 e. The summed E-state index contributed by atoms with van der Waals surface area (Å²) in [4.78, 5) is 31.6. The van der Waals surface area contributed by atoms with Crippen molar-refractivity contribution in [2.45, 2.75) is 37.1 Å². The van der Waals surface area contributed by atoms with E-state index in [4.69, 9.17) is 0 Å². The van der Waals surface area contributed by atoms with Crippen molar-refractivity contribution in [2.75, 3.05) is 4.90 Å². The monoisotopic (exact) mass is 397 g/mol. The number of pyridine rings is 1. The number of halogens is 1. The van der Waals surface area contributed by atoms with Crippen molar-refractivity contribution in [2.24, 2.45) is 11.8 Å². The molecule has 1 unspecified atom stereocenters. The van der Waals surface area contributed by atoms with E-state index in [9.17, 15) is 24.2 Å². The molecular formula is C21H20FN3O4. The van der Waals surface area contributed by atoms with Gasteiger partial charge in [0, 0.05) is 11.7 Å². The van der Waals surface area contributed by atoms with E-state index in [2.05, 4.69) is 10.3 Å². The van der Waals surface area contributed by atoms with Gasteiger partial charge in [-0.2, -0.15) is 0 Å². The quantitative estimate of drug-likeness (QED) is 0.531. The van der Waals surface area contributed by atoms with Gasteiger partial charge in [0.2, 0.25) is 17.6 Å². The van der Waals surface area contributed by atoms with Crippen LogP contribution in [0.15, 0.2) is 42.6 Å². The van der Waals surface area contributed by atoms with Gasteiger partial charge >= 0.3 is 0 Å². The Morgan fingerprint density at radius 1 is 1.21 bits per heavy atom. The van der Waals surface area contributed by atoms with Crippen LogP contribution in [0.1, 0.15) is 30.4 Å². The minimum atomic E-state index is -2.67. The zero-order chi connectivity index (χ0) is 20.4. The molecule has 3 fully saturated rings. The van der Waals surface area contributed by atoms with Crippen molar-refractivity contribution in [3.8, 4) is 0 Å². The lowest BCUT2D eigenvalue weighted by molar-refractivity contribution is -0.214. The number of hydrogen-bond donors (Lipinski definition) is 3. The number of nitrogens with one attached hydrogen (secondary N) is 1. The van der Waals surface area contributed by atoms with Crippen LogP contribution in [-0.4, -0.2) is 32.6 Å². The van der Waals surface area contributed by atoms with Crippen LogP contribution in [0.3, 0.4) is 0 Å². The number of hydrogen-bond acceptors (Lipinski definition) is 5. The van der Waals surface area contributed by atoms with E-state index in [1.165, 1.54) is 47.5 Å². The summed E-state index contributed by atoms with van der Waals surface area (Å²) in [6.45, 7) is 0.0240. The van der Waals surface area contributed by atoms with Gasteiger partial charge in [0.15, 0.2) is 5.92 Å². The summed E-state index contributed by atoms with van der Waals surface area (Å²) in [5.74, 6) is -5.56. The van der Waals surface area contributed by atoms with Gasteiger partial charge in [-0.1, -0.05) is 12.1 Å². The average molecular weight is 397 g/mol. The Kier molecular flexibility index (Phi) is 3.81. The lowest BCUT2D eigenvalue weighted by atomic mass is 9.50. The Balaban J connectivity index is 1.51. The number of anilines is 1. The van der Waals surface area contributed by atoms with E-state index in [0.717, 1.165) is 19.3 Å². The Bertz CT molecular complexity index is 990. The number of benzene rings is 1. The fourth-order valence-corrected chi connectivity index (χ4v) is 4.67. The topological polar surface area (TPSA) is 103 Å². The Hall–Kier alpha value is -2.84. The van der Waals surface area contributed by atoms with Crippen LogP contribution < -0.4 is 10.2 Å². The van der Waals surface area contributed by atoms with E-state index in [1.54, 1.807) is 0 Å². The van der Waals surface area contributed by atoms with Gasteiger partial charge in [-0.3, -0.25) is 14.5 Å². The van der Waals surface area contributed by atoms with Crippen molar-refractivity contribution in [1.29, 1.82) is 0 Å². The fourth-order valence-electron chi connectivity index (χ4n) is 4.67. The third-order valence-corrected chi connectivity index (χ3v) is 6.30. The Labute approximate surface area is 166 Å². The van der Waals surface area contributed by atoms with Gasteiger partial charge in [-0.15, -0.1) is 0 Å². The summed E-state index contributed by atoms with van der Waals surface area (Å²) in [6.07, 6.45) is 4.02. The molecule has 29 heavy (non-hydrogen) atoms. The maximum absolute atomic E-state index is 13.3. The lowest BCUT2D eigenvalue weighted by Crippen LogP contribution is -2.70. The van der Waals surface area contributed by atoms with E-state index >= 15 is 0 Å². The first-order chi connectivity index (χ1) is 13.8. The van der Waals surface area contributed by atoms with Crippen LogP contribution >= 0.6 is 0 Å². The molecule has 1 aromatic heterocycles. The molecule has 150 valence electrons. The second kappa shape index (κ2) is 6.08. The number of carbonyl (C=O) groups excluding carboxylic acids is 2. The average Bonchev–Trinajstić information content (AvgIpc) is 2.62. The molecule has 7 nitrogen and oxygen atoms in total. The molecule has 8 heteroatoms. The smallest absolute Gasteiger partial charge is 0.247 e. The highest BCUT2D eigenvalue weighted by Gasteiger charge is 2.60. The summed E-state index contributed by atoms with van der Waals surface area (Å²) in [6, 6.07) is 8.57. The summed E-state index contributed by atoms with van der Waals surface area (Å²) in [7, 11) is 0. The highest BCUT2D eigenvalue weighted by Crippen LogP contribution is 2.57. The SMILES string of the molecule is O=C(NC12CC(C1)C2)C1C(=O)N(Cc2ccc(F)cc2)c2ncccc2C1(O)O. The second-order valence-corrected chi connectivity index (χ2v) is 8.33. The largest absolute Gasteiger partial charge is 0.361 e. The summed E-state index contributed by atoms with van der Waals surface area (Å²) < 4.78 is 13.2. The maximum atomic E-state index is 13.3. The van der Waals surface area contributed by atoms with E-state index < -0.39 is 29.3 Å².